The Bertz CT molecular complexity index is 904. The smallest absolute Gasteiger partial charge is 0.339 e. The molecule has 2 amide bonds. The molecule has 0 aliphatic rings. The van der Waals surface area contributed by atoms with Crippen LogP contribution in [-0.4, -0.2) is 12.2 Å². The molecule has 0 saturated heterocycles. The summed E-state index contributed by atoms with van der Waals surface area (Å²) in [7, 11) is 0. The van der Waals surface area contributed by atoms with Gasteiger partial charge >= 0.3 is 6.03 Å². The van der Waals surface area contributed by atoms with E-state index in [1.54, 1.807) is 18.2 Å². The van der Waals surface area contributed by atoms with Crippen LogP contribution >= 0.6 is 11.6 Å². The molecular weight excluding hydrogens is 338 g/mol. The molecule has 1 heterocycles. The number of halogens is 1. The lowest BCUT2D eigenvalue weighted by Crippen LogP contribution is -2.24. The molecule has 0 aliphatic heterocycles. The quantitative estimate of drug-likeness (QED) is 0.508. The topological polar surface area (TPSA) is 66.6 Å². The number of aryl methyl sites for hydroxylation is 1. The number of anilines is 1. The molecule has 0 saturated carbocycles. The summed E-state index contributed by atoms with van der Waals surface area (Å²) >= 11 is 6.13. The Morgan fingerprint density at radius 2 is 1.92 bits per heavy atom. The third-order valence-corrected chi connectivity index (χ3v) is 3.88. The zero-order valence-electron chi connectivity index (χ0n) is 13.5. The van der Waals surface area contributed by atoms with E-state index < -0.39 is 6.03 Å². The van der Waals surface area contributed by atoms with Crippen molar-refractivity contribution in [2.75, 3.05) is 5.32 Å². The maximum Gasteiger partial charge on any atom is 0.339 e. The number of amides is 2. The summed E-state index contributed by atoms with van der Waals surface area (Å²) in [5.74, 6) is 1.20. The van der Waals surface area contributed by atoms with Crippen LogP contribution in [0.1, 0.15) is 11.3 Å². The van der Waals surface area contributed by atoms with E-state index in [-0.39, 0.29) is 0 Å². The van der Waals surface area contributed by atoms with Gasteiger partial charge in [-0.05, 0) is 42.8 Å². The van der Waals surface area contributed by atoms with Gasteiger partial charge in [0.1, 0.15) is 11.5 Å². The Morgan fingerprint density at radius 3 is 2.68 bits per heavy atom. The van der Waals surface area contributed by atoms with Gasteiger partial charge in [0.05, 0.1) is 6.21 Å². The number of nitrogens with one attached hydrogen (secondary N) is 2. The van der Waals surface area contributed by atoms with Crippen molar-refractivity contribution in [1.29, 1.82) is 0 Å². The Hall–Kier alpha value is -3.05. The number of furan rings is 1. The summed E-state index contributed by atoms with van der Waals surface area (Å²) in [4.78, 5) is 11.7. The average molecular weight is 354 g/mol. The summed E-state index contributed by atoms with van der Waals surface area (Å²) in [5, 5.41) is 7.21. The van der Waals surface area contributed by atoms with Crippen LogP contribution in [0.15, 0.2) is 70.2 Å². The van der Waals surface area contributed by atoms with Crippen LogP contribution in [-0.2, 0) is 0 Å². The predicted octanol–water partition coefficient (Wildman–Crippen LogP) is 5.06. The van der Waals surface area contributed by atoms with E-state index in [9.17, 15) is 4.79 Å². The van der Waals surface area contributed by atoms with Gasteiger partial charge in [0, 0.05) is 16.3 Å². The number of para-hydroxylation sites is 1. The van der Waals surface area contributed by atoms with Crippen molar-refractivity contribution >= 4 is 29.5 Å². The van der Waals surface area contributed by atoms with E-state index in [0.717, 1.165) is 11.1 Å². The lowest BCUT2D eigenvalue weighted by Gasteiger charge is -2.02. The molecule has 0 radical (unpaired) electrons. The first-order chi connectivity index (χ1) is 12.1. The van der Waals surface area contributed by atoms with Gasteiger partial charge in [-0.3, -0.25) is 0 Å². The molecule has 0 fully saturated rings. The standard InChI is InChI=1S/C19H16ClN3O2/c1-13-7-8-14(11-17(13)20)18-10-9-16(25-18)12-21-23-19(24)22-15-5-3-2-4-6-15/h2-12H,1H3,(H2,22,23,24)/b21-12+. The van der Waals surface area contributed by atoms with Crippen LogP contribution in [0, 0.1) is 6.92 Å². The summed E-state index contributed by atoms with van der Waals surface area (Å²) in [6, 6.07) is 18.0. The molecule has 1 aromatic heterocycles. The van der Waals surface area contributed by atoms with Gasteiger partial charge < -0.3 is 9.73 Å². The molecule has 3 rings (SSSR count). The number of benzene rings is 2. The Morgan fingerprint density at radius 1 is 1.12 bits per heavy atom. The number of hydrogen-bond donors (Lipinski definition) is 2. The minimum absolute atomic E-state index is 0.431. The first-order valence-corrected chi connectivity index (χ1v) is 8.01. The minimum atomic E-state index is -0.431. The van der Waals surface area contributed by atoms with Crippen molar-refractivity contribution in [3.05, 3.63) is 77.0 Å². The Labute approximate surface area is 150 Å². The van der Waals surface area contributed by atoms with Crippen molar-refractivity contribution in [3.8, 4) is 11.3 Å². The fourth-order valence-corrected chi connectivity index (χ4v) is 2.34. The van der Waals surface area contributed by atoms with Crippen molar-refractivity contribution < 1.29 is 9.21 Å². The molecule has 0 bridgehead atoms. The first-order valence-electron chi connectivity index (χ1n) is 7.63. The van der Waals surface area contributed by atoms with Gasteiger partial charge in [-0.2, -0.15) is 5.10 Å². The van der Waals surface area contributed by atoms with E-state index in [1.807, 2.05) is 49.4 Å². The van der Waals surface area contributed by atoms with Crippen LogP contribution in [0.4, 0.5) is 10.5 Å². The fraction of sp³-hybridized carbons (Fsp3) is 0.0526. The van der Waals surface area contributed by atoms with Crippen LogP contribution in [0.2, 0.25) is 5.02 Å². The van der Waals surface area contributed by atoms with Crippen molar-refractivity contribution in [3.63, 3.8) is 0 Å². The van der Waals surface area contributed by atoms with Gasteiger partial charge in [-0.25, -0.2) is 10.2 Å². The molecule has 126 valence electrons. The second-order valence-electron chi connectivity index (χ2n) is 5.36. The molecule has 3 aromatic rings. The minimum Gasteiger partial charge on any atom is -0.455 e. The first kappa shape index (κ1) is 16.8. The molecule has 0 spiro atoms. The van der Waals surface area contributed by atoms with Crippen molar-refractivity contribution in [1.82, 2.24) is 5.43 Å². The van der Waals surface area contributed by atoms with E-state index in [4.69, 9.17) is 16.0 Å². The number of hydrazone groups is 1. The van der Waals surface area contributed by atoms with Gasteiger partial charge in [-0.1, -0.05) is 41.9 Å². The number of rotatable bonds is 4. The summed E-state index contributed by atoms with van der Waals surface area (Å²) in [6.07, 6.45) is 1.43. The molecular formula is C19H16ClN3O2. The van der Waals surface area contributed by atoms with Crippen molar-refractivity contribution in [2.24, 2.45) is 5.10 Å². The molecule has 5 nitrogen and oxygen atoms in total. The normalized spacial score (nSPS) is 10.8. The van der Waals surface area contributed by atoms with Gasteiger partial charge in [0.15, 0.2) is 0 Å². The zero-order chi connectivity index (χ0) is 17.6. The second-order valence-corrected chi connectivity index (χ2v) is 5.76. The number of urea groups is 1. The van der Waals surface area contributed by atoms with E-state index >= 15 is 0 Å². The van der Waals surface area contributed by atoms with E-state index in [2.05, 4.69) is 15.8 Å². The number of carbonyl (C=O) groups is 1. The van der Waals surface area contributed by atoms with Gasteiger partial charge in [0.25, 0.3) is 0 Å². The van der Waals surface area contributed by atoms with Crippen LogP contribution in [0.5, 0.6) is 0 Å². The molecule has 6 heteroatoms. The molecule has 0 aliphatic carbocycles. The Balaban J connectivity index is 1.60. The highest BCUT2D eigenvalue weighted by Crippen LogP contribution is 2.26. The lowest BCUT2D eigenvalue weighted by atomic mass is 10.1. The molecule has 0 unspecified atom stereocenters. The third kappa shape index (κ3) is 4.49. The van der Waals surface area contributed by atoms with E-state index in [1.165, 1.54) is 6.21 Å². The second kappa shape index (κ2) is 7.68. The average Bonchev–Trinajstić information content (AvgIpc) is 3.07. The highest BCUT2D eigenvalue weighted by atomic mass is 35.5. The van der Waals surface area contributed by atoms with Crippen LogP contribution in [0.25, 0.3) is 11.3 Å². The third-order valence-electron chi connectivity index (χ3n) is 3.47. The summed E-state index contributed by atoms with van der Waals surface area (Å²) < 4.78 is 5.69. The maximum atomic E-state index is 11.7. The molecule has 0 atom stereocenters. The number of nitrogens with zero attached hydrogens (tertiary/aromatic N) is 1. The highest BCUT2D eigenvalue weighted by molar-refractivity contribution is 6.31. The largest absolute Gasteiger partial charge is 0.455 e. The highest BCUT2D eigenvalue weighted by Gasteiger charge is 2.06. The maximum absolute atomic E-state index is 11.7. The SMILES string of the molecule is Cc1ccc(-c2ccc(/C=N/NC(=O)Nc3ccccc3)o2)cc1Cl. The number of carbonyl (C=O) groups excluding carboxylic acids is 1. The van der Waals surface area contributed by atoms with Gasteiger partial charge in [-0.15, -0.1) is 0 Å². The summed E-state index contributed by atoms with van der Waals surface area (Å²) in [5.41, 5.74) is 4.96. The van der Waals surface area contributed by atoms with Crippen LogP contribution in [0.3, 0.4) is 0 Å². The van der Waals surface area contributed by atoms with Gasteiger partial charge in [0.2, 0.25) is 0 Å². The number of hydrogen-bond acceptors (Lipinski definition) is 3. The zero-order valence-corrected chi connectivity index (χ0v) is 14.2. The molecule has 25 heavy (non-hydrogen) atoms. The fourth-order valence-electron chi connectivity index (χ4n) is 2.16. The molecule has 2 N–H and O–H groups in total. The van der Waals surface area contributed by atoms with Crippen LogP contribution < -0.4 is 10.7 Å². The summed E-state index contributed by atoms with van der Waals surface area (Å²) in [6.45, 7) is 1.94. The van der Waals surface area contributed by atoms with E-state index in [0.29, 0.717) is 22.2 Å². The lowest BCUT2D eigenvalue weighted by molar-refractivity contribution is 0.252. The van der Waals surface area contributed by atoms with Crippen molar-refractivity contribution in [2.45, 2.75) is 6.92 Å². The molecule has 2 aromatic carbocycles. The Kier molecular flexibility index (Phi) is 5.16. The predicted molar refractivity (Wildman–Crippen MR) is 100 cm³/mol. The monoisotopic (exact) mass is 353 g/mol.